The molecule has 5 rings (SSSR count). The van der Waals surface area contributed by atoms with E-state index in [0.29, 0.717) is 35.1 Å². The predicted octanol–water partition coefficient (Wildman–Crippen LogP) is 2.72. The topological polar surface area (TPSA) is 127 Å². The number of carbonyl (C=O) groups excluding carboxylic acids is 2. The maximum Gasteiger partial charge on any atom is 0.303 e. The molecule has 1 aromatic carbocycles. The van der Waals surface area contributed by atoms with E-state index in [2.05, 4.69) is 20.3 Å². The van der Waals surface area contributed by atoms with Gasteiger partial charge in [0.05, 0.1) is 19.0 Å². The van der Waals surface area contributed by atoms with Crippen LogP contribution in [0.15, 0.2) is 41.8 Å². The molecule has 196 valence electrons. The van der Waals surface area contributed by atoms with Crippen molar-refractivity contribution in [3.8, 4) is 0 Å². The molecule has 0 bridgehead atoms. The van der Waals surface area contributed by atoms with Crippen molar-refractivity contribution in [1.29, 1.82) is 0 Å². The Kier molecular flexibility index (Phi) is 7.53. The fraction of sp³-hybridized carbons (Fsp3) is 0.458. The summed E-state index contributed by atoms with van der Waals surface area (Å²) in [4.78, 5) is 37.6. The minimum atomic E-state index is -0.986. The van der Waals surface area contributed by atoms with Crippen molar-refractivity contribution in [2.45, 2.75) is 55.7 Å². The van der Waals surface area contributed by atoms with Crippen LogP contribution in [0.4, 0.5) is 10.2 Å². The van der Waals surface area contributed by atoms with Crippen molar-refractivity contribution in [3.05, 3.63) is 42.7 Å². The van der Waals surface area contributed by atoms with Crippen molar-refractivity contribution < 1.29 is 32.9 Å². The molecule has 0 aliphatic carbocycles. The summed E-state index contributed by atoms with van der Waals surface area (Å²) >= 11 is 1.22. The number of nitrogens with one attached hydrogen (secondary N) is 1. The highest BCUT2D eigenvalue weighted by molar-refractivity contribution is 7.99. The van der Waals surface area contributed by atoms with Gasteiger partial charge in [-0.3, -0.25) is 14.2 Å². The van der Waals surface area contributed by atoms with E-state index in [1.54, 1.807) is 22.8 Å². The van der Waals surface area contributed by atoms with Crippen LogP contribution in [0.1, 0.15) is 26.5 Å². The average Bonchev–Trinajstić information content (AvgIpc) is 3.59. The van der Waals surface area contributed by atoms with Crippen LogP contribution in [0, 0.1) is 5.82 Å². The zero-order valence-electron chi connectivity index (χ0n) is 20.2. The number of rotatable bonds is 8. The molecule has 11 nitrogen and oxygen atoms in total. The maximum atomic E-state index is 14.2. The molecule has 3 aromatic rings. The van der Waals surface area contributed by atoms with Gasteiger partial charge in [-0.25, -0.2) is 19.3 Å². The molecule has 2 aliphatic rings. The first-order valence-corrected chi connectivity index (χ1v) is 12.8. The maximum absolute atomic E-state index is 14.2. The second kappa shape index (κ2) is 11.0. The molecule has 2 fully saturated rings. The summed E-state index contributed by atoms with van der Waals surface area (Å²) in [6, 6.07) is 6.46. The highest BCUT2D eigenvalue weighted by atomic mass is 32.2. The van der Waals surface area contributed by atoms with E-state index in [-0.39, 0.29) is 17.6 Å². The molecule has 2 aromatic heterocycles. The Bertz CT molecular complexity index is 1290. The fourth-order valence-electron chi connectivity index (χ4n) is 4.44. The van der Waals surface area contributed by atoms with Crippen molar-refractivity contribution in [1.82, 2.24) is 19.5 Å². The van der Waals surface area contributed by atoms with Crippen LogP contribution in [-0.2, 0) is 28.5 Å². The van der Waals surface area contributed by atoms with Gasteiger partial charge in [-0.15, -0.1) is 11.8 Å². The fourth-order valence-corrected chi connectivity index (χ4v) is 5.43. The van der Waals surface area contributed by atoms with Gasteiger partial charge in [0, 0.05) is 31.1 Å². The van der Waals surface area contributed by atoms with E-state index >= 15 is 0 Å². The van der Waals surface area contributed by atoms with Gasteiger partial charge < -0.3 is 24.3 Å². The van der Waals surface area contributed by atoms with Crippen LogP contribution in [-0.4, -0.2) is 74.8 Å². The molecule has 4 heterocycles. The molecule has 37 heavy (non-hydrogen) atoms. The van der Waals surface area contributed by atoms with Gasteiger partial charge in [0.25, 0.3) is 0 Å². The smallest absolute Gasteiger partial charge is 0.303 e. The number of nitrogens with zero attached hydrogens (tertiary/aromatic N) is 4. The number of anilines is 1. The van der Waals surface area contributed by atoms with Gasteiger partial charge in [-0.2, -0.15) is 0 Å². The Labute approximate surface area is 216 Å². The first kappa shape index (κ1) is 25.4. The lowest BCUT2D eigenvalue weighted by molar-refractivity contribution is -0.165. The molecule has 0 amide bonds. The molecular weight excluding hydrogens is 505 g/mol. The van der Waals surface area contributed by atoms with Crippen molar-refractivity contribution in [3.63, 3.8) is 0 Å². The van der Waals surface area contributed by atoms with Gasteiger partial charge in [0.1, 0.15) is 18.2 Å². The van der Waals surface area contributed by atoms with E-state index in [1.807, 2.05) is 0 Å². The molecule has 2 aliphatic heterocycles. The monoisotopic (exact) mass is 531 g/mol. The standard InChI is InChI=1S/C24H26FN5O6S/c1-13(31)34-20-17(10-37-18-6-4-3-5-16(18)25)36-24(21(20)35-14(2)32)30-12-28-19-22(26-11-27-23(19)30)29-15-7-8-33-9-15/h3-6,11-12,15,17,20-21,24H,7-10H2,1-2H3,(H,26,27,29)/t15-,17?,20-,21-,24-/m1/s1. The van der Waals surface area contributed by atoms with E-state index in [0.717, 1.165) is 6.42 Å². The zero-order valence-corrected chi connectivity index (χ0v) is 21.0. The third-order valence-corrected chi connectivity index (χ3v) is 7.17. The molecule has 0 saturated carbocycles. The second-order valence-electron chi connectivity index (χ2n) is 8.71. The number of imidazole rings is 1. The van der Waals surface area contributed by atoms with Gasteiger partial charge in [0.15, 0.2) is 35.4 Å². The first-order chi connectivity index (χ1) is 17.9. The summed E-state index contributed by atoms with van der Waals surface area (Å²) in [6.45, 7) is 3.77. The van der Waals surface area contributed by atoms with Gasteiger partial charge in [0.2, 0.25) is 0 Å². The third-order valence-electron chi connectivity index (χ3n) is 6.03. The van der Waals surface area contributed by atoms with E-state index in [1.165, 1.54) is 44.3 Å². The highest BCUT2D eigenvalue weighted by Crippen LogP contribution is 2.38. The normalized spacial score (nSPS) is 25.3. The van der Waals surface area contributed by atoms with Crippen molar-refractivity contribution >= 4 is 40.7 Å². The number of benzene rings is 1. The number of carbonyl (C=O) groups is 2. The van der Waals surface area contributed by atoms with E-state index < -0.39 is 36.5 Å². The van der Waals surface area contributed by atoms with Crippen molar-refractivity contribution in [2.75, 3.05) is 24.3 Å². The SMILES string of the molecule is CC(=O)O[C@@H]1[C@H](OC(C)=O)C(CSc2ccccc2F)O[C@H]1n1cnc2c(N[C@@H]3CCOC3)ncnc21. The zero-order chi connectivity index (χ0) is 25.9. The largest absolute Gasteiger partial charge is 0.456 e. The predicted molar refractivity (Wildman–Crippen MR) is 130 cm³/mol. The van der Waals surface area contributed by atoms with Crippen LogP contribution in [0.25, 0.3) is 11.2 Å². The van der Waals surface area contributed by atoms with Crippen LogP contribution in [0.3, 0.4) is 0 Å². The number of aromatic nitrogens is 4. The number of thioether (sulfide) groups is 1. The summed E-state index contributed by atoms with van der Waals surface area (Å²) in [5, 5.41) is 3.33. The minimum Gasteiger partial charge on any atom is -0.456 e. The Morgan fingerprint density at radius 2 is 1.95 bits per heavy atom. The second-order valence-corrected chi connectivity index (χ2v) is 9.77. The number of fused-ring (bicyclic) bond motifs is 1. The van der Waals surface area contributed by atoms with Gasteiger partial charge >= 0.3 is 11.9 Å². The Morgan fingerprint density at radius 1 is 1.16 bits per heavy atom. The van der Waals surface area contributed by atoms with Gasteiger partial charge in [-0.1, -0.05) is 12.1 Å². The quantitative estimate of drug-likeness (QED) is 0.340. The summed E-state index contributed by atoms with van der Waals surface area (Å²) in [5.74, 6) is -0.711. The molecule has 1 unspecified atom stereocenters. The van der Waals surface area contributed by atoms with Crippen LogP contribution < -0.4 is 5.32 Å². The van der Waals surface area contributed by atoms with E-state index in [4.69, 9.17) is 18.9 Å². The Hall–Kier alpha value is -3.29. The molecule has 0 radical (unpaired) electrons. The summed E-state index contributed by atoms with van der Waals surface area (Å²) in [5.41, 5.74) is 0.954. The molecule has 13 heteroatoms. The Morgan fingerprint density at radius 3 is 2.68 bits per heavy atom. The summed E-state index contributed by atoms with van der Waals surface area (Å²) in [7, 11) is 0. The highest BCUT2D eigenvalue weighted by Gasteiger charge is 2.50. The molecule has 1 N–H and O–H groups in total. The first-order valence-electron chi connectivity index (χ1n) is 11.8. The number of halogens is 1. The summed E-state index contributed by atoms with van der Waals surface area (Å²) in [6.07, 6.45) is 0.241. The third kappa shape index (κ3) is 5.53. The Balaban J connectivity index is 1.46. The van der Waals surface area contributed by atoms with E-state index in [9.17, 15) is 14.0 Å². The molecular formula is C24H26FN5O6S. The summed E-state index contributed by atoms with van der Waals surface area (Å²) < 4.78 is 38.8. The number of hydrogen-bond donors (Lipinski definition) is 1. The molecule has 5 atom stereocenters. The minimum absolute atomic E-state index is 0.105. The molecule has 2 saturated heterocycles. The number of hydrogen-bond acceptors (Lipinski definition) is 11. The lowest BCUT2D eigenvalue weighted by Gasteiger charge is -2.23. The van der Waals surface area contributed by atoms with Crippen LogP contribution in [0.5, 0.6) is 0 Å². The average molecular weight is 532 g/mol. The van der Waals surface area contributed by atoms with Crippen molar-refractivity contribution in [2.24, 2.45) is 0 Å². The lowest BCUT2D eigenvalue weighted by atomic mass is 10.1. The lowest BCUT2D eigenvalue weighted by Crippen LogP contribution is -2.39. The number of ether oxygens (including phenoxy) is 4. The van der Waals surface area contributed by atoms with Crippen LogP contribution in [0.2, 0.25) is 0 Å². The number of esters is 2. The van der Waals surface area contributed by atoms with Gasteiger partial charge in [-0.05, 0) is 18.6 Å². The van der Waals surface area contributed by atoms with Crippen LogP contribution >= 0.6 is 11.8 Å². The molecule has 0 spiro atoms.